The van der Waals surface area contributed by atoms with Gasteiger partial charge in [0.05, 0.1) is 28.4 Å². The third-order valence-corrected chi connectivity index (χ3v) is 5.72. The summed E-state index contributed by atoms with van der Waals surface area (Å²) < 4.78 is 24.5. The molecule has 5 nitrogen and oxygen atoms in total. The summed E-state index contributed by atoms with van der Waals surface area (Å²) in [5.41, 5.74) is 0.452. The number of nitrogens with zero attached hydrogens (tertiary/aromatic N) is 2. The third kappa shape index (κ3) is 4.03. The second-order valence-corrected chi connectivity index (χ2v) is 7.65. The minimum atomic E-state index is -3.32. The molecule has 1 aromatic carbocycles. The SMILES string of the molecule is CC(O)C1CCN(CCS(=O)(=O)c2ccc(C#N)cc2)C1. The van der Waals surface area contributed by atoms with Crippen LogP contribution in [-0.4, -0.2) is 49.9 Å². The fourth-order valence-electron chi connectivity index (χ4n) is 2.56. The second-order valence-electron chi connectivity index (χ2n) is 5.55. The summed E-state index contributed by atoms with van der Waals surface area (Å²) in [5, 5.41) is 18.3. The van der Waals surface area contributed by atoms with Gasteiger partial charge in [-0.2, -0.15) is 5.26 Å². The van der Waals surface area contributed by atoms with Gasteiger partial charge in [0.2, 0.25) is 0 Å². The monoisotopic (exact) mass is 308 g/mol. The Balaban J connectivity index is 1.94. The van der Waals surface area contributed by atoms with E-state index in [4.69, 9.17) is 5.26 Å². The predicted octanol–water partition coefficient (Wildman–Crippen LogP) is 1.03. The van der Waals surface area contributed by atoms with E-state index in [1.54, 1.807) is 6.92 Å². The quantitative estimate of drug-likeness (QED) is 0.879. The molecule has 1 aliphatic heterocycles. The van der Waals surface area contributed by atoms with Gasteiger partial charge in [-0.15, -0.1) is 0 Å². The van der Waals surface area contributed by atoms with Gasteiger partial charge in [0.15, 0.2) is 9.84 Å². The Morgan fingerprint density at radius 1 is 1.43 bits per heavy atom. The molecular weight excluding hydrogens is 288 g/mol. The largest absolute Gasteiger partial charge is 0.393 e. The fourth-order valence-corrected chi connectivity index (χ4v) is 3.85. The average molecular weight is 308 g/mol. The van der Waals surface area contributed by atoms with Gasteiger partial charge >= 0.3 is 0 Å². The second kappa shape index (κ2) is 6.56. The zero-order valence-electron chi connectivity index (χ0n) is 12.1. The van der Waals surface area contributed by atoms with E-state index in [0.29, 0.717) is 12.1 Å². The first-order valence-corrected chi connectivity index (χ1v) is 8.71. The number of sulfone groups is 1. The first-order chi connectivity index (χ1) is 9.92. The van der Waals surface area contributed by atoms with Crippen molar-refractivity contribution in [2.75, 3.05) is 25.4 Å². The molecule has 0 amide bonds. The number of benzene rings is 1. The molecule has 0 radical (unpaired) electrons. The number of hydrogen-bond acceptors (Lipinski definition) is 5. The Labute approximate surface area is 125 Å². The van der Waals surface area contributed by atoms with E-state index in [1.807, 2.05) is 6.07 Å². The van der Waals surface area contributed by atoms with Crippen molar-refractivity contribution in [2.45, 2.75) is 24.3 Å². The molecule has 1 N–H and O–H groups in total. The van der Waals surface area contributed by atoms with Crippen molar-refractivity contribution >= 4 is 9.84 Å². The van der Waals surface area contributed by atoms with Crippen LogP contribution in [0, 0.1) is 17.2 Å². The van der Waals surface area contributed by atoms with Crippen LogP contribution in [0.3, 0.4) is 0 Å². The normalized spacial score (nSPS) is 21.1. The lowest BCUT2D eigenvalue weighted by molar-refractivity contribution is 0.128. The van der Waals surface area contributed by atoms with E-state index in [0.717, 1.165) is 19.5 Å². The van der Waals surface area contributed by atoms with E-state index in [1.165, 1.54) is 24.3 Å². The van der Waals surface area contributed by atoms with E-state index in [9.17, 15) is 13.5 Å². The molecule has 6 heteroatoms. The molecule has 21 heavy (non-hydrogen) atoms. The fraction of sp³-hybridized carbons (Fsp3) is 0.533. The van der Waals surface area contributed by atoms with E-state index in [-0.39, 0.29) is 22.7 Å². The molecular formula is C15H20N2O3S. The first-order valence-electron chi connectivity index (χ1n) is 7.06. The molecule has 0 bridgehead atoms. The van der Waals surface area contributed by atoms with Gasteiger partial charge in [0.1, 0.15) is 0 Å². The topological polar surface area (TPSA) is 81.4 Å². The zero-order valence-corrected chi connectivity index (χ0v) is 12.9. The van der Waals surface area contributed by atoms with Crippen molar-refractivity contribution in [1.82, 2.24) is 4.90 Å². The summed E-state index contributed by atoms with van der Waals surface area (Å²) >= 11 is 0. The summed E-state index contributed by atoms with van der Waals surface area (Å²) in [6, 6.07) is 7.98. The number of likely N-dealkylation sites (tertiary alicyclic amines) is 1. The molecule has 2 rings (SSSR count). The maximum atomic E-state index is 12.2. The Morgan fingerprint density at radius 3 is 2.62 bits per heavy atom. The molecule has 1 saturated heterocycles. The maximum absolute atomic E-state index is 12.2. The van der Waals surface area contributed by atoms with Crippen molar-refractivity contribution in [1.29, 1.82) is 5.26 Å². The molecule has 1 aromatic rings. The van der Waals surface area contributed by atoms with Gasteiger partial charge in [-0.05, 0) is 50.1 Å². The molecule has 0 saturated carbocycles. The smallest absolute Gasteiger partial charge is 0.179 e. The molecule has 0 spiro atoms. The molecule has 1 heterocycles. The van der Waals surface area contributed by atoms with Gasteiger partial charge in [-0.3, -0.25) is 0 Å². The minimum absolute atomic E-state index is 0.0609. The van der Waals surface area contributed by atoms with Crippen molar-refractivity contribution in [2.24, 2.45) is 5.92 Å². The average Bonchev–Trinajstić information content (AvgIpc) is 2.94. The molecule has 0 aliphatic carbocycles. The van der Waals surface area contributed by atoms with Crippen LogP contribution in [0.5, 0.6) is 0 Å². The van der Waals surface area contributed by atoms with Crippen molar-refractivity contribution < 1.29 is 13.5 Å². The Hall–Kier alpha value is -1.42. The highest BCUT2D eigenvalue weighted by Crippen LogP contribution is 2.20. The lowest BCUT2D eigenvalue weighted by Crippen LogP contribution is -2.29. The standard InChI is InChI=1S/C15H20N2O3S/c1-12(18)14-6-7-17(11-14)8-9-21(19,20)15-4-2-13(10-16)3-5-15/h2-5,12,14,18H,6-9,11H2,1H3. The lowest BCUT2D eigenvalue weighted by Gasteiger charge is -2.17. The van der Waals surface area contributed by atoms with Crippen LogP contribution < -0.4 is 0 Å². The van der Waals surface area contributed by atoms with Crippen LogP contribution in [0.25, 0.3) is 0 Å². The predicted molar refractivity (Wildman–Crippen MR) is 79.4 cm³/mol. The maximum Gasteiger partial charge on any atom is 0.179 e. The van der Waals surface area contributed by atoms with E-state index in [2.05, 4.69) is 4.90 Å². The lowest BCUT2D eigenvalue weighted by atomic mass is 10.0. The van der Waals surface area contributed by atoms with Gasteiger partial charge < -0.3 is 10.0 Å². The Kier molecular flexibility index (Phi) is 4.99. The summed E-state index contributed by atoms with van der Waals surface area (Å²) in [4.78, 5) is 2.34. The highest BCUT2D eigenvalue weighted by Gasteiger charge is 2.27. The number of aliphatic hydroxyl groups excluding tert-OH is 1. The molecule has 114 valence electrons. The van der Waals surface area contributed by atoms with Crippen molar-refractivity contribution in [3.63, 3.8) is 0 Å². The Bertz CT molecular complexity index is 617. The number of nitriles is 1. The molecule has 1 fully saturated rings. The van der Waals surface area contributed by atoms with Gasteiger partial charge in [0, 0.05) is 13.1 Å². The third-order valence-electron chi connectivity index (χ3n) is 4.01. The highest BCUT2D eigenvalue weighted by atomic mass is 32.2. The number of rotatable bonds is 5. The molecule has 2 unspecified atom stereocenters. The molecule has 0 aromatic heterocycles. The van der Waals surface area contributed by atoms with E-state index < -0.39 is 9.84 Å². The first kappa shape index (κ1) is 16.0. The molecule has 2 atom stereocenters. The number of aliphatic hydroxyl groups is 1. The van der Waals surface area contributed by atoms with Gasteiger partial charge in [-0.25, -0.2) is 8.42 Å². The summed E-state index contributed by atoms with van der Waals surface area (Å²) in [6.45, 7) is 3.84. The van der Waals surface area contributed by atoms with Crippen LogP contribution in [0.2, 0.25) is 0 Å². The van der Waals surface area contributed by atoms with Crippen molar-refractivity contribution in [3.05, 3.63) is 29.8 Å². The summed E-state index contributed by atoms with van der Waals surface area (Å²) in [6.07, 6.45) is 0.569. The summed E-state index contributed by atoms with van der Waals surface area (Å²) in [7, 11) is -3.32. The highest BCUT2D eigenvalue weighted by molar-refractivity contribution is 7.91. The minimum Gasteiger partial charge on any atom is -0.393 e. The molecule has 1 aliphatic rings. The van der Waals surface area contributed by atoms with Crippen LogP contribution >= 0.6 is 0 Å². The van der Waals surface area contributed by atoms with Crippen LogP contribution in [0.15, 0.2) is 29.2 Å². The summed E-state index contributed by atoms with van der Waals surface area (Å²) in [5.74, 6) is 0.299. The van der Waals surface area contributed by atoms with E-state index >= 15 is 0 Å². The zero-order chi connectivity index (χ0) is 15.5. The van der Waals surface area contributed by atoms with Crippen molar-refractivity contribution in [3.8, 4) is 6.07 Å². The van der Waals surface area contributed by atoms with Crippen LogP contribution in [0.1, 0.15) is 18.9 Å². The van der Waals surface area contributed by atoms with Crippen LogP contribution in [0.4, 0.5) is 0 Å². The van der Waals surface area contributed by atoms with Gasteiger partial charge in [0.25, 0.3) is 0 Å². The Morgan fingerprint density at radius 2 is 2.10 bits per heavy atom. The van der Waals surface area contributed by atoms with Crippen LogP contribution in [-0.2, 0) is 9.84 Å². The van der Waals surface area contributed by atoms with Gasteiger partial charge in [-0.1, -0.05) is 0 Å². The number of hydrogen-bond donors (Lipinski definition) is 1.